The van der Waals surface area contributed by atoms with Crippen molar-refractivity contribution in [3.63, 3.8) is 0 Å². The largest absolute Gasteiger partial charge is 0.451 e. The van der Waals surface area contributed by atoms with Crippen LogP contribution in [0.15, 0.2) is 59.0 Å². The van der Waals surface area contributed by atoms with Gasteiger partial charge in [-0.25, -0.2) is 0 Å². The van der Waals surface area contributed by atoms with Gasteiger partial charge in [0, 0.05) is 22.7 Å². The molecule has 2 N–H and O–H groups in total. The summed E-state index contributed by atoms with van der Waals surface area (Å²) >= 11 is 10.5. The highest BCUT2D eigenvalue weighted by molar-refractivity contribution is 7.80. The molecular weight excluding hydrogens is 459 g/mol. The maximum absolute atomic E-state index is 13.2. The number of amides is 1. The van der Waals surface area contributed by atoms with Crippen LogP contribution >= 0.6 is 23.8 Å². The normalized spacial score (nSPS) is 11.1. The summed E-state index contributed by atoms with van der Waals surface area (Å²) in [5, 5.41) is 14.9. The van der Waals surface area contributed by atoms with Crippen molar-refractivity contribution in [1.82, 2.24) is 5.32 Å². The van der Waals surface area contributed by atoms with E-state index in [4.69, 9.17) is 28.2 Å². The Hall–Kier alpha value is -3.44. The van der Waals surface area contributed by atoms with E-state index < -0.39 is 27.7 Å². The van der Waals surface area contributed by atoms with Crippen LogP contribution in [0.1, 0.15) is 16.1 Å². The molecule has 0 bridgehead atoms. The molecule has 12 heteroatoms. The number of non-ortho nitro benzene ring substituents is 1. The lowest BCUT2D eigenvalue weighted by Crippen LogP contribution is -2.34. The first-order chi connectivity index (χ1) is 14.5. The third kappa shape index (κ3) is 5.38. The molecule has 3 rings (SSSR count). The average Bonchev–Trinajstić information content (AvgIpc) is 3.19. The second-order valence-corrected chi connectivity index (χ2v) is 6.91. The van der Waals surface area contributed by atoms with E-state index in [-0.39, 0.29) is 27.9 Å². The molecular formula is C19H11ClF3N3O4S. The van der Waals surface area contributed by atoms with Gasteiger partial charge in [-0.2, -0.15) is 13.2 Å². The quantitative estimate of drug-likeness (QED) is 0.291. The molecule has 0 atom stereocenters. The Morgan fingerprint density at radius 2 is 1.87 bits per heavy atom. The molecule has 2 aromatic carbocycles. The number of carbonyl (C=O) groups excluding carboxylic acids is 1. The van der Waals surface area contributed by atoms with Gasteiger partial charge in [-0.3, -0.25) is 20.2 Å². The van der Waals surface area contributed by atoms with E-state index in [1.807, 2.05) is 0 Å². The zero-order valence-electron chi connectivity index (χ0n) is 15.2. The number of nitro benzene ring substituents is 1. The molecule has 0 aliphatic rings. The fraction of sp³-hybridized carbons (Fsp3) is 0.0526. The molecule has 1 heterocycles. The summed E-state index contributed by atoms with van der Waals surface area (Å²) in [5.74, 6) is -0.834. The number of halogens is 4. The van der Waals surface area contributed by atoms with Crippen LogP contribution in [0.2, 0.25) is 5.02 Å². The highest BCUT2D eigenvalue weighted by Crippen LogP contribution is 2.36. The molecule has 1 amide bonds. The fourth-order valence-electron chi connectivity index (χ4n) is 2.57. The first kappa shape index (κ1) is 22.2. The zero-order chi connectivity index (χ0) is 22.8. The number of carbonyl (C=O) groups is 1. The number of nitro groups is 1. The van der Waals surface area contributed by atoms with Crippen molar-refractivity contribution in [3.05, 3.63) is 81.1 Å². The highest BCUT2D eigenvalue weighted by atomic mass is 35.5. The number of hydrogen-bond donors (Lipinski definition) is 2. The summed E-state index contributed by atoms with van der Waals surface area (Å²) < 4.78 is 44.9. The van der Waals surface area contributed by atoms with Crippen molar-refractivity contribution in [2.75, 3.05) is 5.32 Å². The second kappa shape index (κ2) is 8.74. The minimum atomic E-state index is -4.69. The molecule has 0 unspecified atom stereocenters. The monoisotopic (exact) mass is 469 g/mol. The van der Waals surface area contributed by atoms with Crippen LogP contribution in [-0.4, -0.2) is 15.9 Å². The third-order valence-electron chi connectivity index (χ3n) is 3.93. The topological polar surface area (TPSA) is 97.4 Å². The molecule has 160 valence electrons. The molecule has 31 heavy (non-hydrogen) atoms. The van der Waals surface area contributed by atoms with Gasteiger partial charge >= 0.3 is 6.18 Å². The van der Waals surface area contributed by atoms with Crippen molar-refractivity contribution in [2.45, 2.75) is 6.18 Å². The number of hydrogen-bond acceptors (Lipinski definition) is 5. The van der Waals surface area contributed by atoms with E-state index in [1.54, 1.807) is 6.07 Å². The maximum Gasteiger partial charge on any atom is 0.418 e. The number of nitrogens with zero attached hydrogens (tertiary/aromatic N) is 1. The smallest absolute Gasteiger partial charge is 0.418 e. The van der Waals surface area contributed by atoms with Crippen LogP contribution in [0.5, 0.6) is 0 Å². The van der Waals surface area contributed by atoms with Gasteiger partial charge in [-0.15, -0.1) is 0 Å². The third-order valence-corrected chi connectivity index (χ3v) is 4.37. The molecule has 1 aromatic heterocycles. The van der Waals surface area contributed by atoms with E-state index in [0.717, 1.165) is 12.1 Å². The van der Waals surface area contributed by atoms with Crippen LogP contribution in [-0.2, 0) is 6.18 Å². The SMILES string of the molecule is O=C(NC(=S)Nc1ccc(Cl)cc1C(F)(F)F)c1ccc(-c2cccc([N+](=O)[O-])c2)o1. The number of nitrogens with one attached hydrogen (secondary N) is 2. The average molecular weight is 470 g/mol. The van der Waals surface area contributed by atoms with Gasteiger partial charge in [0.15, 0.2) is 10.9 Å². The van der Waals surface area contributed by atoms with Gasteiger partial charge in [-0.1, -0.05) is 23.7 Å². The Labute approximate surface area is 183 Å². The van der Waals surface area contributed by atoms with E-state index in [2.05, 4.69) is 10.6 Å². The van der Waals surface area contributed by atoms with Gasteiger partial charge in [-0.05, 0) is 42.5 Å². The van der Waals surface area contributed by atoms with Crippen LogP contribution < -0.4 is 10.6 Å². The molecule has 0 radical (unpaired) electrons. The standard InChI is InChI=1S/C19H11ClF3N3O4S/c20-11-4-5-14(13(9-11)19(21,22)23)24-18(31)25-17(27)16-7-6-15(30-16)10-2-1-3-12(8-10)26(28)29/h1-9H,(H2,24,25,27,31). The van der Waals surface area contributed by atoms with Crippen LogP contribution in [0.25, 0.3) is 11.3 Å². The van der Waals surface area contributed by atoms with E-state index in [9.17, 15) is 28.1 Å². The number of anilines is 1. The zero-order valence-corrected chi connectivity index (χ0v) is 16.8. The summed E-state index contributed by atoms with van der Waals surface area (Å²) in [6.45, 7) is 0. The Morgan fingerprint density at radius 1 is 1.13 bits per heavy atom. The predicted octanol–water partition coefficient (Wildman–Crippen LogP) is 5.65. The molecule has 0 saturated heterocycles. The molecule has 7 nitrogen and oxygen atoms in total. The number of alkyl halides is 3. The molecule has 0 aliphatic heterocycles. The lowest BCUT2D eigenvalue weighted by atomic mass is 10.1. The van der Waals surface area contributed by atoms with Gasteiger partial charge in [0.25, 0.3) is 11.6 Å². The molecule has 0 fully saturated rings. The van der Waals surface area contributed by atoms with Gasteiger partial charge < -0.3 is 9.73 Å². The Bertz CT molecular complexity index is 1180. The summed E-state index contributed by atoms with van der Waals surface area (Å²) in [4.78, 5) is 22.6. The first-order valence-electron chi connectivity index (χ1n) is 8.38. The van der Waals surface area contributed by atoms with Gasteiger partial charge in [0.1, 0.15) is 5.76 Å². The number of benzene rings is 2. The molecule has 3 aromatic rings. The Balaban J connectivity index is 1.73. The maximum atomic E-state index is 13.2. The predicted molar refractivity (Wildman–Crippen MR) is 111 cm³/mol. The van der Waals surface area contributed by atoms with Crippen molar-refractivity contribution < 1.29 is 27.3 Å². The number of thiocarbonyl (C=S) groups is 1. The number of furan rings is 1. The van der Waals surface area contributed by atoms with E-state index >= 15 is 0 Å². The Kier molecular flexibility index (Phi) is 6.27. The van der Waals surface area contributed by atoms with Crippen molar-refractivity contribution in [3.8, 4) is 11.3 Å². The summed E-state index contributed by atoms with van der Waals surface area (Å²) in [6.07, 6.45) is -4.69. The Morgan fingerprint density at radius 3 is 2.55 bits per heavy atom. The lowest BCUT2D eigenvalue weighted by molar-refractivity contribution is -0.384. The summed E-state index contributed by atoms with van der Waals surface area (Å²) in [6, 6.07) is 11.4. The van der Waals surface area contributed by atoms with Crippen LogP contribution in [0, 0.1) is 10.1 Å². The fourth-order valence-corrected chi connectivity index (χ4v) is 2.94. The van der Waals surface area contributed by atoms with Crippen LogP contribution in [0.4, 0.5) is 24.5 Å². The van der Waals surface area contributed by atoms with Crippen molar-refractivity contribution in [1.29, 1.82) is 0 Å². The van der Waals surface area contributed by atoms with Gasteiger partial charge in [0.05, 0.1) is 16.2 Å². The van der Waals surface area contributed by atoms with E-state index in [0.29, 0.717) is 5.56 Å². The summed E-state index contributed by atoms with van der Waals surface area (Å²) in [7, 11) is 0. The van der Waals surface area contributed by atoms with E-state index in [1.165, 1.54) is 36.4 Å². The minimum absolute atomic E-state index is 0.114. The summed E-state index contributed by atoms with van der Waals surface area (Å²) in [5.41, 5.74) is -1.24. The van der Waals surface area contributed by atoms with Crippen molar-refractivity contribution in [2.24, 2.45) is 0 Å². The molecule has 0 spiro atoms. The minimum Gasteiger partial charge on any atom is -0.451 e. The number of rotatable bonds is 4. The molecule has 0 saturated carbocycles. The van der Waals surface area contributed by atoms with Crippen LogP contribution in [0.3, 0.4) is 0 Å². The highest BCUT2D eigenvalue weighted by Gasteiger charge is 2.34. The first-order valence-corrected chi connectivity index (χ1v) is 9.17. The lowest BCUT2D eigenvalue weighted by Gasteiger charge is -2.15. The second-order valence-electron chi connectivity index (χ2n) is 6.07. The van der Waals surface area contributed by atoms with Crippen molar-refractivity contribution >= 4 is 46.2 Å². The molecule has 0 aliphatic carbocycles. The van der Waals surface area contributed by atoms with Gasteiger partial charge in [0.2, 0.25) is 0 Å².